The fraction of sp³-hybridized carbons (Fsp3) is 0.625. The van der Waals surface area contributed by atoms with Gasteiger partial charge in [0.25, 0.3) is 5.91 Å². The summed E-state index contributed by atoms with van der Waals surface area (Å²) < 4.78 is 0. The molecule has 2 unspecified atom stereocenters. The molecule has 106 valence electrons. The van der Waals surface area contributed by atoms with Gasteiger partial charge in [-0.1, -0.05) is 13.0 Å². The summed E-state index contributed by atoms with van der Waals surface area (Å²) in [5.74, 6) is 2.49. The molecule has 1 aromatic rings. The van der Waals surface area contributed by atoms with Gasteiger partial charge in [0.05, 0.1) is 5.69 Å². The molecule has 3 fully saturated rings. The minimum absolute atomic E-state index is 0.121. The monoisotopic (exact) mass is 271 g/mol. The summed E-state index contributed by atoms with van der Waals surface area (Å²) in [6.07, 6.45) is 1.32. The lowest BCUT2D eigenvalue weighted by molar-refractivity contribution is 0.0767. The highest BCUT2D eigenvalue weighted by molar-refractivity contribution is 5.92. The van der Waals surface area contributed by atoms with Crippen molar-refractivity contribution in [2.75, 3.05) is 26.2 Å². The number of piperidine rings is 1. The Morgan fingerprint density at radius 1 is 1.25 bits per heavy atom. The maximum absolute atomic E-state index is 12.4. The van der Waals surface area contributed by atoms with E-state index >= 15 is 0 Å². The molecule has 2 saturated heterocycles. The van der Waals surface area contributed by atoms with Crippen LogP contribution in [-0.4, -0.2) is 46.9 Å². The van der Waals surface area contributed by atoms with Gasteiger partial charge in [-0.3, -0.25) is 9.69 Å². The van der Waals surface area contributed by atoms with Crippen molar-refractivity contribution in [2.45, 2.75) is 19.9 Å². The van der Waals surface area contributed by atoms with Gasteiger partial charge in [0.2, 0.25) is 0 Å². The Morgan fingerprint density at radius 3 is 2.70 bits per heavy atom. The van der Waals surface area contributed by atoms with Gasteiger partial charge < -0.3 is 4.90 Å². The van der Waals surface area contributed by atoms with Crippen molar-refractivity contribution in [2.24, 2.45) is 17.8 Å². The summed E-state index contributed by atoms with van der Waals surface area (Å²) in [5, 5.41) is 0. The second kappa shape index (κ2) is 4.55. The van der Waals surface area contributed by atoms with Crippen LogP contribution in [0.2, 0.25) is 0 Å². The molecular formula is C16H21N3O. The van der Waals surface area contributed by atoms with Crippen LogP contribution < -0.4 is 0 Å². The van der Waals surface area contributed by atoms with Crippen LogP contribution in [0.5, 0.6) is 0 Å². The van der Waals surface area contributed by atoms with Crippen molar-refractivity contribution in [1.82, 2.24) is 14.8 Å². The lowest BCUT2D eigenvalue weighted by Crippen LogP contribution is -2.44. The Morgan fingerprint density at radius 2 is 2.00 bits per heavy atom. The van der Waals surface area contributed by atoms with Crippen molar-refractivity contribution >= 4 is 5.91 Å². The third kappa shape index (κ3) is 2.22. The Bertz CT molecular complexity index is 528. The first-order valence-electron chi connectivity index (χ1n) is 7.66. The molecule has 0 N–H and O–H groups in total. The SMILES string of the molecule is CC1CN(Cc2cccc(C(=O)N3CC4CC4C3)n2)C1. The van der Waals surface area contributed by atoms with Gasteiger partial charge in [-0.05, 0) is 36.3 Å². The number of nitrogens with zero attached hydrogens (tertiary/aromatic N) is 3. The Balaban J connectivity index is 1.43. The highest BCUT2D eigenvalue weighted by Gasteiger charge is 2.46. The van der Waals surface area contributed by atoms with E-state index < -0.39 is 0 Å². The van der Waals surface area contributed by atoms with Crippen LogP contribution in [0, 0.1) is 17.8 Å². The minimum atomic E-state index is 0.121. The fourth-order valence-electron chi connectivity index (χ4n) is 3.60. The molecule has 4 nitrogen and oxygen atoms in total. The fourth-order valence-corrected chi connectivity index (χ4v) is 3.60. The molecule has 0 spiro atoms. The second-order valence-electron chi connectivity index (χ2n) is 6.78. The first-order valence-corrected chi connectivity index (χ1v) is 7.66. The molecule has 3 heterocycles. The molecule has 1 saturated carbocycles. The topological polar surface area (TPSA) is 36.4 Å². The highest BCUT2D eigenvalue weighted by atomic mass is 16.2. The summed E-state index contributed by atoms with van der Waals surface area (Å²) in [4.78, 5) is 21.4. The number of fused-ring (bicyclic) bond motifs is 1. The molecule has 0 bridgehead atoms. The number of hydrogen-bond donors (Lipinski definition) is 0. The number of rotatable bonds is 3. The van der Waals surface area contributed by atoms with E-state index in [1.807, 2.05) is 23.1 Å². The van der Waals surface area contributed by atoms with Gasteiger partial charge in [-0.2, -0.15) is 0 Å². The molecule has 1 aromatic heterocycles. The molecule has 0 radical (unpaired) electrons. The number of likely N-dealkylation sites (tertiary alicyclic amines) is 2. The molecule has 4 heteroatoms. The first-order chi connectivity index (χ1) is 9.69. The Kier molecular flexibility index (Phi) is 2.81. The molecule has 4 rings (SSSR count). The van der Waals surface area contributed by atoms with E-state index in [1.165, 1.54) is 6.42 Å². The summed E-state index contributed by atoms with van der Waals surface area (Å²) >= 11 is 0. The van der Waals surface area contributed by atoms with E-state index in [4.69, 9.17) is 0 Å². The van der Waals surface area contributed by atoms with Gasteiger partial charge in [0.1, 0.15) is 5.69 Å². The number of aromatic nitrogens is 1. The van der Waals surface area contributed by atoms with Crippen molar-refractivity contribution in [3.8, 4) is 0 Å². The van der Waals surface area contributed by atoms with Crippen molar-refractivity contribution in [1.29, 1.82) is 0 Å². The first kappa shape index (κ1) is 12.3. The van der Waals surface area contributed by atoms with Gasteiger partial charge >= 0.3 is 0 Å². The Labute approximate surface area is 119 Å². The lowest BCUT2D eigenvalue weighted by Gasteiger charge is -2.36. The molecule has 1 amide bonds. The maximum atomic E-state index is 12.4. The zero-order valence-corrected chi connectivity index (χ0v) is 12.0. The number of amides is 1. The van der Waals surface area contributed by atoms with E-state index in [9.17, 15) is 4.79 Å². The van der Waals surface area contributed by atoms with E-state index in [0.29, 0.717) is 5.69 Å². The predicted molar refractivity (Wildman–Crippen MR) is 76.2 cm³/mol. The van der Waals surface area contributed by atoms with E-state index in [1.54, 1.807) is 0 Å². The van der Waals surface area contributed by atoms with Gasteiger partial charge in [0, 0.05) is 32.7 Å². The van der Waals surface area contributed by atoms with E-state index in [-0.39, 0.29) is 5.91 Å². The number of pyridine rings is 1. The molecule has 0 aromatic carbocycles. The second-order valence-corrected chi connectivity index (χ2v) is 6.78. The van der Waals surface area contributed by atoms with Crippen LogP contribution in [-0.2, 0) is 6.54 Å². The van der Waals surface area contributed by atoms with Crippen molar-refractivity contribution in [3.63, 3.8) is 0 Å². The third-order valence-corrected chi connectivity index (χ3v) is 4.82. The smallest absolute Gasteiger partial charge is 0.272 e. The summed E-state index contributed by atoms with van der Waals surface area (Å²) in [7, 11) is 0. The van der Waals surface area contributed by atoms with Gasteiger partial charge in [0.15, 0.2) is 0 Å². The van der Waals surface area contributed by atoms with E-state index in [2.05, 4.69) is 16.8 Å². The number of hydrogen-bond acceptors (Lipinski definition) is 3. The quantitative estimate of drug-likeness (QED) is 0.838. The molecular weight excluding hydrogens is 250 g/mol. The van der Waals surface area contributed by atoms with Crippen LogP contribution in [0.25, 0.3) is 0 Å². The number of carbonyl (C=O) groups is 1. The van der Waals surface area contributed by atoms with Gasteiger partial charge in [-0.25, -0.2) is 4.98 Å². The standard InChI is InChI=1S/C16H21N3O/c1-11-6-18(7-11)10-14-3-2-4-15(17-14)16(20)19-8-12-5-13(12)9-19/h2-4,11-13H,5-10H2,1H3. The summed E-state index contributed by atoms with van der Waals surface area (Å²) in [6.45, 7) is 7.32. The lowest BCUT2D eigenvalue weighted by atomic mass is 10.0. The average Bonchev–Trinajstić information content (AvgIpc) is 3.03. The largest absolute Gasteiger partial charge is 0.337 e. The molecule has 2 aliphatic heterocycles. The predicted octanol–water partition coefficient (Wildman–Crippen LogP) is 1.63. The third-order valence-electron chi connectivity index (χ3n) is 4.82. The van der Waals surface area contributed by atoms with Crippen molar-refractivity contribution in [3.05, 3.63) is 29.6 Å². The summed E-state index contributed by atoms with van der Waals surface area (Å²) in [6, 6.07) is 5.85. The van der Waals surface area contributed by atoms with Crippen LogP contribution in [0.3, 0.4) is 0 Å². The molecule has 20 heavy (non-hydrogen) atoms. The van der Waals surface area contributed by atoms with Crippen LogP contribution >= 0.6 is 0 Å². The van der Waals surface area contributed by atoms with Crippen molar-refractivity contribution < 1.29 is 4.79 Å². The molecule has 3 aliphatic rings. The van der Waals surface area contributed by atoms with Crippen LogP contribution in [0.15, 0.2) is 18.2 Å². The summed E-state index contributed by atoms with van der Waals surface area (Å²) in [5.41, 5.74) is 1.64. The molecule has 2 atom stereocenters. The Hall–Kier alpha value is -1.42. The van der Waals surface area contributed by atoms with Crippen LogP contribution in [0.4, 0.5) is 0 Å². The van der Waals surface area contributed by atoms with Crippen LogP contribution in [0.1, 0.15) is 29.5 Å². The average molecular weight is 271 g/mol. The molecule has 1 aliphatic carbocycles. The zero-order chi connectivity index (χ0) is 13.7. The zero-order valence-electron chi connectivity index (χ0n) is 12.0. The maximum Gasteiger partial charge on any atom is 0.272 e. The van der Waals surface area contributed by atoms with Gasteiger partial charge in [-0.15, -0.1) is 0 Å². The highest BCUT2D eigenvalue weighted by Crippen LogP contribution is 2.45. The number of carbonyl (C=O) groups excluding carboxylic acids is 1. The normalized spacial score (nSPS) is 29.1. The minimum Gasteiger partial charge on any atom is -0.337 e. The van der Waals surface area contributed by atoms with E-state index in [0.717, 1.165) is 56.2 Å².